The molecule has 1 aliphatic rings. The lowest BCUT2D eigenvalue weighted by molar-refractivity contribution is 0.151. The molecule has 0 saturated carbocycles. The number of benzene rings is 1. The highest BCUT2D eigenvalue weighted by molar-refractivity contribution is 5.36. The maximum absolute atomic E-state index is 5.53. The fourth-order valence-corrected chi connectivity index (χ4v) is 2.94. The van der Waals surface area contributed by atoms with Crippen LogP contribution in [0.3, 0.4) is 0 Å². The molecule has 2 heterocycles. The second kappa shape index (κ2) is 6.28. The van der Waals surface area contributed by atoms with E-state index in [9.17, 15) is 0 Å². The minimum absolute atomic E-state index is 0.323. The van der Waals surface area contributed by atoms with Gasteiger partial charge in [0.05, 0.1) is 19.3 Å². The largest absolute Gasteiger partial charge is 0.496 e. The molecule has 0 spiro atoms. The molecule has 1 saturated heterocycles. The molecular weight excluding hydrogens is 264 g/mol. The van der Waals surface area contributed by atoms with Gasteiger partial charge >= 0.3 is 0 Å². The maximum atomic E-state index is 5.53. The summed E-state index contributed by atoms with van der Waals surface area (Å²) in [5.41, 5.74) is 3.65. The summed E-state index contributed by atoms with van der Waals surface area (Å²) in [6, 6.07) is 8.61. The number of nitrogens with zero attached hydrogens (tertiary/aromatic N) is 2. The molecule has 2 N–H and O–H groups in total. The lowest BCUT2D eigenvalue weighted by Crippen LogP contribution is -2.45. The van der Waals surface area contributed by atoms with Crippen LogP contribution in [0.15, 0.2) is 30.5 Å². The molecule has 3 rings (SSSR count). The van der Waals surface area contributed by atoms with E-state index in [1.54, 1.807) is 7.11 Å². The molecule has 1 atom stereocenters. The first-order valence-corrected chi connectivity index (χ1v) is 7.36. The number of aromatic amines is 1. The molecule has 0 aliphatic carbocycles. The molecular formula is C16H22N4O. The van der Waals surface area contributed by atoms with E-state index in [0.717, 1.165) is 37.6 Å². The summed E-state index contributed by atoms with van der Waals surface area (Å²) >= 11 is 0. The Morgan fingerprint density at radius 2 is 2.24 bits per heavy atom. The van der Waals surface area contributed by atoms with Crippen LogP contribution in [0.1, 0.15) is 22.9 Å². The van der Waals surface area contributed by atoms with Crippen LogP contribution in [0.25, 0.3) is 0 Å². The third-order valence-corrected chi connectivity index (χ3v) is 4.16. The molecule has 0 radical (unpaired) electrons. The SMILES string of the molecule is COc1ccccc1C1CNCCN1Cc1cn[nH]c1C. The van der Waals surface area contributed by atoms with Crippen LogP contribution in [-0.2, 0) is 6.54 Å². The summed E-state index contributed by atoms with van der Waals surface area (Å²) in [4.78, 5) is 2.49. The number of H-pyrrole nitrogens is 1. The first kappa shape index (κ1) is 14.1. The number of methoxy groups -OCH3 is 1. The number of hydrogen-bond donors (Lipinski definition) is 2. The van der Waals surface area contributed by atoms with Crippen molar-refractivity contribution in [2.75, 3.05) is 26.7 Å². The Bertz CT molecular complexity index is 595. The van der Waals surface area contributed by atoms with E-state index in [1.807, 2.05) is 18.3 Å². The van der Waals surface area contributed by atoms with Gasteiger partial charge in [-0.15, -0.1) is 0 Å². The van der Waals surface area contributed by atoms with Crippen LogP contribution in [0.5, 0.6) is 5.75 Å². The van der Waals surface area contributed by atoms with E-state index < -0.39 is 0 Å². The van der Waals surface area contributed by atoms with Crippen molar-refractivity contribution < 1.29 is 4.74 Å². The molecule has 112 valence electrons. The molecule has 1 aromatic heterocycles. The Morgan fingerprint density at radius 3 is 3.00 bits per heavy atom. The first-order chi connectivity index (χ1) is 10.3. The summed E-state index contributed by atoms with van der Waals surface area (Å²) in [7, 11) is 1.74. The molecule has 5 nitrogen and oxygen atoms in total. The highest BCUT2D eigenvalue weighted by Crippen LogP contribution is 2.31. The van der Waals surface area contributed by atoms with E-state index in [4.69, 9.17) is 4.74 Å². The lowest BCUT2D eigenvalue weighted by Gasteiger charge is -2.37. The molecule has 1 aromatic carbocycles. The monoisotopic (exact) mass is 286 g/mol. The fraction of sp³-hybridized carbons (Fsp3) is 0.438. The van der Waals surface area contributed by atoms with Gasteiger partial charge in [0.1, 0.15) is 5.75 Å². The summed E-state index contributed by atoms with van der Waals surface area (Å²) < 4.78 is 5.53. The topological polar surface area (TPSA) is 53.2 Å². The molecule has 1 aliphatic heterocycles. The maximum Gasteiger partial charge on any atom is 0.123 e. The van der Waals surface area contributed by atoms with Crippen LogP contribution >= 0.6 is 0 Å². The smallest absolute Gasteiger partial charge is 0.123 e. The molecule has 1 unspecified atom stereocenters. The Morgan fingerprint density at radius 1 is 1.38 bits per heavy atom. The molecule has 0 bridgehead atoms. The van der Waals surface area contributed by atoms with Gasteiger partial charge in [-0.3, -0.25) is 10.00 Å². The van der Waals surface area contributed by atoms with Gasteiger partial charge in [-0.25, -0.2) is 0 Å². The highest BCUT2D eigenvalue weighted by Gasteiger charge is 2.26. The van der Waals surface area contributed by atoms with Crippen molar-refractivity contribution in [1.82, 2.24) is 20.4 Å². The minimum atomic E-state index is 0.323. The molecule has 21 heavy (non-hydrogen) atoms. The van der Waals surface area contributed by atoms with E-state index in [2.05, 4.69) is 39.5 Å². The van der Waals surface area contributed by atoms with E-state index in [0.29, 0.717) is 6.04 Å². The van der Waals surface area contributed by atoms with Crippen molar-refractivity contribution in [1.29, 1.82) is 0 Å². The van der Waals surface area contributed by atoms with Crippen molar-refractivity contribution in [3.8, 4) is 5.75 Å². The van der Waals surface area contributed by atoms with Crippen LogP contribution in [-0.4, -0.2) is 41.8 Å². The third-order valence-electron chi connectivity index (χ3n) is 4.16. The lowest BCUT2D eigenvalue weighted by atomic mass is 10.0. The molecule has 2 aromatic rings. The van der Waals surface area contributed by atoms with Crippen LogP contribution in [0, 0.1) is 6.92 Å². The highest BCUT2D eigenvalue weighted by atomic mass is 16.5. The summed E-state index contributed by atoms with van der Waals surface area (Å²) in [6.07, 6.45) is 1.93. The van der Waals surface area contributed by atoms with Crippen molar-refractivity contribution >= 4 is 0 Å². The zero-order valence-electron chi connectivity index (χ0n) is 12.6. The van der Waals surface area contributed by atoms with Crippen molar-refractivity contribution in [2.45, 2.75) is 19.5 Å². The molecule has 0 amide bonds. The third kappa shape index (κ3) is 2.94. The molecule has 1 fully saturated rings. The quantitative estimate of drug-likeness (QED) is 0.901. The summed E-state index contributed by atoms with van der Waals surface area (Å²) in [5, 5.41) is 10.6. The van der Waals surface area contributed by atoms with E-state index >= 15 is 0 Å². The summed E-state index contributed by atoms with van der Waals surface area (Å²) in [6.45, 7) is 5.96. The second-order valence-corrected chi connectivity index (χ2v) is 5.45. The standard InChI is InChI=1S/C16H22N4O/c1-12-13(9-18-19-12)11-20-8-7-17-10-15(20)14-5-3-4-6-16(14)21-2/h3-6,9,15,17H,7-8,10-11H2,1-2H3,(H,18,19). The Labute approximate surface area is 125 Å². The van der Waals surface area contributed by atoms with Gasteiger partial charge in [-0.2, -0.15) is 5.10 Å². The van der Waals surface area contributed by atoms with Gasteiger partial charge in [0, 0.05) is 43.0 Å². The van der Waals surface area contributed by atoms with Crippen LogP contribution < -0.4 is 10.1 Å². The zero-order chi connectivity index (χ0) is 14.7. The fourth-order valence-electron chi connectivity index (χ4n) is 2.94. The van der Waals surface area contributed by atoms with Gasteiger partial charge in [0.2, 0.25) is 0 Å². The number of piperazine rings is 1. The van der Waals surface area contributed by atoms with Gasteiger partial charge in [0.25, 0.3) is 0 Å². The Hall–Kier alpha value is -1.85. The number of ether oxygens (including phenoxy) is 1. The zero-order valence-corrected chi connectivity index (χ0v) is 12.6. The van der Waals surface area contributed by atoms with Gasteiger partial charge in [0.15, 0.2) is 0 Å². The molecule has 5 heteroatoms. The predicted molar refractivity (Wildman–Crippen MR) is 82.3 cm³/mol. The average Bonchev–Trinajstić information content (AvgIpc) is 2.93. The Kier molecular flexibility index (Phi) is 4.22. The van der Waals surface area contributed by atoms with Crippen molar-refractivity contribution in [3.05, 3.63) is 47.3 Å². The number of hydrogen-bond acceptors (Lipinski definition) is 4. The number of aromatic nitrogens is 2. The summed E-state index contributed by atoms with van der Waals surface area (Å²) in [5.74, 6) is 0.958. The van der Waals surface area contributed by atoms with Crippen LogP contribution in [0.2, 0.25) is 0 Å². The van der Waals surface area contributed by atoms with Gasteiger partial charge < -0.3 is 10.1 Å². The number of rotatable bonds is 4. The van der Waals surface area contributed by atoms with E-state index in [1.165, 1.54) is 11.1 Å². The predicted octanol–water partition coefficient (Wildman–Crippen LogP) is 1.87. The van der Waals surface area contributed by atoms with Crippen molar-refractivity contribution in [2.24, 2.45) is 0 Å². The average molecular weight is 286 g/mol. The Balaban J connectivity index is 1.86. The van der Waals surface area contributed by atoms with Gasteiger partial charge in [-0.05, 0) is 13.0 Å². The number of para-hydroxylation sites is 1. The second-order valence-electron chi connectivity index (χ2n) is 5.45. The normalized spacial score (nSPS) is 19.6. The number of nitrogens with one attached hydrogen (secondary N) is 2. The van der Waals surface area contributed by atoms with Gasteiger partial charge in [-0.1, -0.05) is 18.2 Å². The van der Waals surface area contributed by atoms with E-state index in [-0.39, 0.29) is 0 Å². The number of aryl methyl sites for hydroxylation is 1. The first-order valence-electron chi connectivity index (χ1n) is 7.36. The van der Waals surface area contributed by atoms with Crippen LogP contribution in [0.4, 0.5) is 0 Å². The minimum Gasteiger partial charge on any atom is -0.496 e. The van der Waals surface area contributed by atoms with Crippen molar-refractivity contribution in [3.63, 3.8) is 0 Å².